The maximum absolute atomic E-state index is 12.0. The maximum atomic E-state index is 12.0. The van der Waals surface area contributed by atoms with Gasteiger partial charge in [-0.3, -0.25) is 14.5 Å². The van der Waals surface area contributed by atoms with E-state index in [1.54, 1.807) is 6.08 Å². The largest absolute Gasteiger partial charge is 0.389 e. The fourth-order valence-electron chi connectivity index (χ4n) is 3.26. The molecule has 0 spiro atoms. The molecule has 3 N–H and O–H groups in total. The molecule has 0 unspecified atom stereocenters. The number of aliphatic hydroxyl groups excluding tert-OH is 1. The molecule has 0 radical (unpaired) electrons. The number of carbonyl (C=O) groups is 2. The number of carbonyl (C=O) groups excluding carboxylic acids is 2. The Kier molecular flexibility index (Phi) is 6.56. The second-order valence-corrected chi connectivity index (χ2v) is 6.59. The molecule has 2 rings (SSSR count). The van der Waals surface area contributed by atoms with Gasteiger partial charge < -0.3 is 20.6 Å². The van der Waals surface area contributed by atoms with Crippen molar-refractivity contribution in [3.8, 4) is 0 Å². The predicted octanol–water partition coefficient (Wildman–Crippen LogP) is -1.07. The Morgan fingerprint density at radius 1 is 1.48 bits per heavy atom. The minimum Gasteiger partial charge on any atom is -0.389 e. The first-order valence-corrected chi connectivity index (χ1v) is 8.28. The van der Waals surface area contributed by atoms with Gasteiger partial charge in [0.15, 0.2) is 0 Å². The van der Waals surface area contributed by atoms with Gasteiger partial charge in [0.2, 0.25) is 11.8 Å². The number of amides is 2. The summed E-state index contributed by atoms with van der Waals surface area (Å²) < 4.78 is 0. The molecular weight excluding hydrogens is 296 g/mol. The lowest BCUT2D eigenvalue weighted by Gasteiger charge is -2.42. The lowest BCUT2D eigenvalue weighted by atomic mass is 9.86. The van der Waals surface area contributed by atoms with Crippen LogP contribution in [0.15, 0.2) is 12.2 Å². The van der Waals surface area contributed by atoms with Crippen molar-refractivity contribution in [1.29, 1.82) is 0 Å². The number of hydrogen-bond donors (Lipinski definition) is 3. The molecule has 1 aliphatic heterocycles. The van der Waals surface area contributed by atoms with Gasteiger partial charge in [0.25, 0.3) is 0 Å². The molecule has 1 heterocycles. The van der Waals surface area contributed by atoms with Crippen LogP contribution in [0.3, 0.4) is 0 Å². The number of rotatable bonds is 5. The molecule has 2 aliphatic rings. The highest BCUT2D eigenvalue weighted by Crippen LogP contribution is 2.24. The van der Waals surface area contributed by atoms with Crippen molar-refractivity contribution < 1.29 is 14.7 Å². The van der Waals surface area contributed by atoms with E-state index >= 15 is 0 Å². The summed E-state index contributed by atoms with van der Waals surface area (Å²) in [6.45, 7) is 2.39. The van der Waals surface area contributed by atoms with Crippen LogP contribution in [0.5, 0.6) is 0 Å². The second kappa shape index (κ2) is 8.42. The average molecular weight is 324 g/mol. The Morgan fingerprint density at radius 3 is 2.96 bits per heavy atom. The SMILES string of the molecule is CN(C)C/C=C/C(=O)N[C@@H]1CCC[C@@H](N2CCNC(=O)C2)[C@@H]1O. The molecule has 3 atom stereocenters. The molecule has 2 fully saturated rings. The third-order valence-corrected chi connectivity index (χ3v) is 4.43. The summed E-state index contributed by atoms with van der Waals surface area (Å²) in [6, 6.07) is -0.318. The lowest BCUT2D eigenvalue weighted by Crippen LogP contribution is -2.60. The molecule has 7 nitrogen and oxygen atoms in total. The van der Waals surface area contributed by atoms with Gasteiger partial charge in [-0.05, 0) is 33.4 Å². The van der Waals surface area contributed by atoms with Crippen LogP contribution in [0.4, 0.5) is 0 Å². The smallest absolute Gasteiger partial charge is 0.244 e. The minimum atomic E-state index is -0.638. The van der Waals surface area contributed by atoms with Crippen LogP contribution in [-0.4, -0.2) is 85.2 Å². The summed E-state index contributed by atoms with van der Waals surface area (Å²) in [5.74, 6) is -0.172. The summed E-state index contributed by atoms with van der Waals surface area (Å²) in [7, 11) is 3.87. The second-order valence-electron chi connectivity index (χ2n) is 6.59. The average Bonchev–Trinajstić information content (AvgIpc) is 2.49. The topological polar surface area (TPSA) is 84.9 Å². The van der Waals surface area contributed by atoms with E-state index in [1.807, 2.05) is 23.9 Å². The molecule has 23 heavy (non-hydrogen) atoms. The van der Waals surface area contributed by atoms with E-state index in [-0.39, 0.29) is 23.9 Å². The first-order chi connectivity index (χ1) is 11.0. The summed E-state index contributed by atoms with van der Waals surface area (Å²) in [6.07, 6.45) is 5.25. The zero-order valence-corrected chi connectivity index (χ0v) is 14.0. The number of nitrogens with zero attached hydrogens (tertiary/aromatic N) is 2. The van der Waals surface area contributed by atoms with E-state index in [0.29, 0.717) is 19.6 Å². The Balaban J connectivity index is 1.88. The molecule has 1 saturated heterocycles. The molecule has 130 valence electrons. The summed E-state index contributed by atoms with van der Waals surface area (Å²) in [5, 5.41) is 16.3. The molecule has 1 saturated carbocycles. The summed E-state index contributed by atoms with van der Waals surface area (Å²) in [5.41, 5.74) is 0. The molecule has 0 bridgehead atoms. The van der Waals surface area contributed by atoms with Gasteiger partial charge >= 0.3 is 0 Å². The number of piperazine rings is 1. The Hall–Kier alpha value is -1.44. The van der Waals surface area contributed by atoms with Crippen molar-refractivity contribution in [2.75, 3.05) is 40.3 Å². The quantitative estimate of drug-likeness (QED) is 0.561. The Labute approximate surface area is 137 Å². The Bertz CT molecular complexity index is 453. The van der Waals surface area contributed by atoms with Crippen LogP contribution >= 0.6 is 0 Å². The molecule has 2 amide bonds. The first-order valence-electron chi connectivity index (χ1n) is 8.28. The first kappa shape index (κ1) is 17.9. The molecule has 0 aromatic carbocycles. The van der Waals surface area contributed by atoms with Gasteiger partial charge in [0.1, 0.15) is 0 Å². The summed E-state index contributed by atoms with van der Waals surface area (Å²) >= 11 is 0. The number of aliphatic hydroxyl groups is 1. The maximum Gasteiger partial charge on any atom is 0.244 e. The van der Waals surface area contributed by atoms with Crippen LogP contribution in [-0.2, 0) is 9.59 Å². The van der Waals surface area contributed by atoms with Crippen LogP contribution in [0.25, 0.3) is 0 Å². The fourth-order valence-corrected chi connectivity index (χ4v) is 3.26. The highest BCUT2D eigenvalue weighted by atomic mass is 16.3. The third kappa shape index (κ3) is 5.30. The molecule has 0 aromatic heterocycles. The van der Waals surface area contributed by atoms with E-state index in [9.17, 15) is 14.7 Å². The van der Waals surface area contributed by atoms with Crippen LogP contribution in [0.2, 0.25) is 0 Å². The van der Waals surface area contributed by atoms with Gasteiger partial charge in [-0.2, -0.15) is 0 Å². The minimum absolute atomic E-state index is 0.00114. The van der Waals surface area contributed by atoms with E-state index in [0.717, 1.165) is 25.8 Å². The number of likely N-dealkylation sites (N-methyl/N-ethyl adjacent to an activating group) is 1. The fraction of sp³-hybridized carbons (Fsp3) is 0.750. The zero-order valence-electron chi connectivity index (χ0n) is 14.0. The van der Waals surface area contributed by atoms with E-state index in [1.165, 1.54) is 6.08 Å². The number of nitrogens with one attached hydrogen (secondary N) is 2. The normalized spacial score (nSPS) is 29.7. The predicted molar refractivity (Wildman–Crippen MR) is 87.9 cm³/mol. The third-order valence-electron chi connectivity index (χ3n) is 4.43. The van der Waals surface area contributed by atoms with E-state index < -0.39 is 6.10 Å². The highest BCUT2D eigenvalue weighted by molar-refractivity contribution is 5.87. The lowest BCUT2D eigenvalue weighted by molar-refractivity contribution is -0.127. The van der Waals surface area contributed by atoms with Gasteiger partial charge in [-0.1, -0.05) is 6.08 Å². The monoisotopic (exact) mass is 324 g/mol. The van der Waals surface area contributed by atoms with Gasteiger partial charge in [-0.25, -0.2) is 0 Å². The molecule has 0 aromatic rings. The standard InChI is InChI=1S/C16H28N4O3/c1-19(2)9-4-7-14(21)18-12-5-3-6-13(16(12)23)20-10-8-17-15(22)11-20/h4,7,12-13,16,23H,3,5-6,8-11H2,1-2H3,(H,17,22)(H,18,21)/b7-4+/t12-,13-,16-/m1/s1. The van der Waals surface area contributed by atoms with Crippen molar-refractivity contribution in [3.63, 3.8) is 0 Å². The van der Waals surface area contributed by atoms with E-state index in [2.05, 4.69) is 10.6 Å². The molecular formula is C16H28N4O3. The molecule has 7 heteroatoms. The Morgan fingerprint density at radius 2 is 2.26 bits per heavy atom. The van der Waals surface area contributed by atoms with Crippen molar-refractivity contribution >= 4 is 11.8 Å². The van der Waals surface area contributed by atoms with Crippen LogP contribution in [0.1, 0.15) is 19.3 Å². The molecule has 1 aliphatic carbocycles. The van der Waals surface area contributed by atoms with E-state index in [4.69, 9.17) is 0 Å². The van der Waals surface area contributed by atoms with Crippen molar-refractivity contribution in [2.45, 2.75) is 37.5 Å². The van der Waals surface area contributed by atoms with Crippen LogP contribution < -0.4 is 10.6 Å². The van der Waals surface area contributed by atoms with Crippen molar-refractivity contribution in [2.24, 2.45) is 0 Å². The van der Waals surface area contributed by atoms with Crippen LogP contribution in [0, 0.1) is 0 Å². The van der Waals surface area contributed by atoms with Crippen molar-refractivity contribution in [1.82, 2.24) is 20.4 Å². The summed E-state index contributed by atoms with van der Waals surface area (Å²) in [4.78, 5) is 27.5. The highest BCUT2D eigenvalue weighted by Gasteiger charge is 2.37. The van der Waals surface area contributed by atoms with Gasteiger partial charge in [-0.15, -0.1) is 0 Å². The number of hydrogen-bond acceptors (Lipinski definition) is 5. The van der Waals surface area contributed by atoms with Crippen molar-refractivity contribution in [3.05, 3.63) is 12.2 Å². The van der Waals surface area contributed by atoms with Gasteiger partial charge in [0.05, 0.1) is 18.7 Å². The zero-order chi connectivity index (χ0) is 16.8. The van der Waals surface area contributed by atoms with Gasteiger partial charge in [0, 0.05) is 31.8 Å².